The fourth-order valence-electron chi connectivity index (χ4n) is 4.08. The number of hydrogen-bond acceptors (Lipinski definition) is 4. The first-order valence-corrected chi connectivity index (χ1v) is 11.0. The average molecular weight is 528 g/mol. The van der Waals surface area contributed by atoms with E-state index in [-0.39, 0.29) is 29.5 Å². The van der Waals surface area contributed by atoms with Crippen LogP contribution in [0.1, 0.15) is 59.8 Å². The van der Waals surface area contributed by atoms with Crippen molar-refractivity contribution in [2.45, 2.75) is 64.6 Å². The minimum absolute atomic E-state index is 0. The molecule has 1 aromatic heterocycles. The minimum atomic E-state index is 0. The molecule has 1 atom stereocenters. The highest BCUT2D eigenvalue weighted by Gasteiger charge is 2.35. The van der Waals surface area contributed by atoms with Gasteiger partial charge in [-0.2, -0.15) is 0 Å². The summed E-state index contributed by atoms with van der Waals surface area (Å²) < 4.78 is 0. The van der Waals surface area contributed by atoms with Crippen molar-refractivity contribution in [3.63, 3.8) is 0 Å². The van der Waals surface area contributed by atoms with Gasteiger partial charge in [-0.05, 0) is 39.2 Å². The van der Waals surface area contributed by atoms with Crippen molar-refractivity contribution >= 4 is 41.3 Å². The van der Waals surface area contributed by atoms with Crippen LogP contribution in [0.5, 0.6) is 0 Å². The normalized spacial score (nSPS) is 16.9. The van der Waals surface area contributed by atoms with Gasteiger partial charge in [0.1, 0.15) is 0 Å². The lowest BCUT2D eigenvalue weighted by Gasteiger charge is -2.35. The Bertz CT molecular complexity index is 784. The molecule has 1 saturated carbocycles. The lowest BCUT2D eigenvalue weighted by atomic mass is 9.94. The smallest absolute Gasteiger partial charge is 0.191 e. The quantitative estimate of drug-likeness (QED) is 0.278. The van der Waals surface area contributed by atoms with Crippen molar-refractivity contribution in [2.24, 2.45) is 4.99 Å². The summed E-state index contributed by atoms with van der Waals surface area (Å²) in [7, 11) is 1.83. The monoisotopic (exact) mass is 527 g/mol. The molecule has 1 unspecified atom stereocenters. The molecule has 29 heavy (non-hydrogen) atoms. The average Bonchev–Trinajstić information content (AvgIpc) is 3.28. The topological polar surface area (TPSA) is 61.3 Å². The summed E-state index contributed by atoms with van der Waals surface area (Å²) in [5.74, 6) is 0.853. The fraction of sp³-hybridized carbons (Fsp3) is 0.545. The number of benzene rings is 1. The van der Waals surface area contributed by atoms with Crippen LogP contribution in [0, 0.1) is 13.8 Å². The van der Waals surface area contributed by atoms with E-state index in [1.54, 1.807) is 11.3 Å². The van der Waals surface area contributed by atoms with E-state index < -0.39 is 0 Å². The highest BCUT2D eigenvalue weighted by molar-refractivity contribution is 14.0. The van der Waals surface area contributed by atoms with Crippen LogP contribution in [-0.2, 0) is 6.54 Å². The Kier molecular flexibility index (Phi) is 9.36. The SMILES string of the molecule is CN=C(NCc1sc(C)nc1C)NCC1(NC(C)c2ccccc2)CCCC1.I. The third-order valence-corrected chi connectivity index (χ3v) is 6.69. The number of aromatic nitrogens is 1. The standard InChI is InChI=1S/C22H33N5S.HI/c1-16(19-10-6-5-7-11-19)27-22(12-8-9-13-22)15-25-21(23-4)24-14-20-17(2)26-18(3)28-20;/h5-7,10-11,16,27H,8-9,12-15H2,1-4H3,(H2,23,24,25);1H. The van der Waals surface area contributed by atoms with Crippen LogP contribution in [0.3, 0.4) is 0 Å². The van der Waals surface area contributed by atoms with E-state index >= 15 is 0 Å². The van der Waals surface area contributed by atoms with Gasteiger partial charge in [-0.15, -0.1) is 35.3 Å². The van der Waals surface area contributed by atoms with Gasteiger partial charge in [0.15, 0.2) is 5.96 Å². The van der Waals surface area contributed by atoms with Gasteiger partial charge in [-0.1, -0.05) is 43.2 Å². The molecule has 0 spiro atoms. The number of nitrogens with zero attached hydrogens (tertiary/aromatic N) is 2. The molecule has 0 amide bonds. The van der Waals surface area contributed by atoms with Gasteiger partial charge < -0.3 is 16.0 Å². The molecule has 1 aromatic carbocycles. The van der Waals surface area contributed by atoms with E-state index in [9.17, 15) is 0 Å². The van der Waals surface area contributed by atoms with Crippen LogP contribution >= 0.6 is 35.3 Å². The molecule has 1 fully saturated rings. The van der Waals surface area contributed by atoms with E-state index in [1.807, 2.05) is 7.05 Å². The Morgan fingerprint density at radius 2 is 1.86 bits per heavy atom. The largest absolute Gasteiger partial charge is 0.355 e. The Labute approximate surface area is 196 Å². The second kappa shape index (κ2) is 11.3. The van der Waals surface area contributed by atoms with Crippen LogP contribution in [0.25, 0.3) is 0 Å². The molecule has 0 radical (unpaired) electrons. The summed E-state index contributed by atoms with van der Waals surface area (Å²) in [6.07, 6.45) is 4.95. The Morgan fingerprint density at radius 3 is 2.45 bits per heavy atom. The van der Waals surface area contributed by atoms with Crippen molar-refractivity contribution in [2.75, 3.05) is 13.6 Å². The van der Waals surface area contributed by atoms with Crippen LogP contribution in [0.4, 0.5) is 0 Å². The summed E-state index contributed by atoms with van der Waals surface area (Å²) in [5, 5.41) is 12.0. The summed E-state index contributed by atoms with van der Waals surface area (Å²) in [6, 6.07) is 11.0. The van der Waals surface area contributed by atoms with Crippen molar-refractivity contribution < 1.29 is 0 Å². The summed E-state index contributed by atoms with van der Waals surface area (Å²) in [4.78, 5) is 10.2. The van der Waals surface area contributed by atoms with Crippen LogP contribution in [-0.4, -0.2) is 30.1 Å². The van der Waals surface area contributed by atoms with Gasteiger partial charge in [0.25, 0.3) is 0 Å². The molecule has 0 bridgehead atoms. The van der Waals surface area contributed by atoms with Gasteiger partial charge in [0.05, 0.1) is 17.2 Å². The van der Waals surface area contributed by atoms with Crippen LogP contribution < -0.4 is 16.0 Å². The molecule has 1 heterocycles. The Hall–Kier alpha value is -1.19. The van der Waals surface area contributed by atoms with E-state index in [4.69, 9.17) is 0 Å². The molecular formula is C22H34IN5S. The highest BCUT2D eigenvalue weighted by Crippen LogP contribution is 2.31. The molecule has 2 aromatic rings. The molecule has 3 N–H and O–H groups in total. The maximum atomic E-state index is 4.50. The van der Waals surface area contributed by atoms with Gasteiger partial charge in [-0.25, -0.2) is 4.98 Å². The number of rotatable bonds is 7. The van der Waals surface area contributed by atoms with Gasteiger partial charge in [0.2, 0.25) is 0 Å². The van der Waals surface area contributed by atoms with Gasteiger partial charge in [-0.3, -0.25) is 4.99 Å². The van der Waals surface area contributed by atoms with Crippen molar-refractivity contribution in [3.8, 4) is 0 Å². The van der Waals surface area contributed by atoms with E-state index in [1.165, 1.54) is 36.1 Å². The second-order valence-corrected chi connectivity index (χ2v) is 9.07. The molecule has 0 saturated heterocycles. The lowest BCUT2D eigenvalue weighted by molar-refractivity contribution is 0.297. The van der Waals surface area contributed by atoms with Gasteiger partial charge in [0, 0.05) is 30.1 Å². The predicted molar refractivity (Wildman–Crippen MR) is 134 cm³/mol. The van der Waals surface area contributed by atoms with Crippen LogP contribution in [0.15, 0.2) is 35.3 Å². The minimum Gasteiger partial charge on any atom is -0.355 e. The number of hydrogen-bond donors (Lipinski definition) is 3. The predicted octanol–water partition coefficient (Wildman–Crippen LogP) is 4.71. The third kappa shape index (κ3) is 6.65. The first-order chi connectivity index (χ1) is 13.5. The summed E-state index contributed by atoms with van der Waals surface area (Å²) >= 11 is 1.75. The van der Waals surface area contributed by atoms with Crippen molar-refractivity contribution in [1.82, 2.24) is 20.9 Å². The molecule has 5 nitrogen and oxygen atoms in total. The summed E-state index contributed by atoms with van der Waals surface area (Å²) in [5.41, 5.74) is 2.56. The van der Waals surface area contributed by atoms with Crippen molar-refractivity contribution in [3.05, 3.63) is 51.5 Å². The van der Waals surface area contributed by atoms with Gasteiger partial charge >= 0.3 is 0 Å². The molecule has 160 valence electrons. The summed E-state index contributed by atoms with van der Waals surface area (Å²) in [6.45, 7) is 8.02. The Balaban J connectivity index is 0.00000300. The molecule has 1 aliphatic carbocycles. The number of nitrogens with one attached hydrogen (secondary N) is 3. The van der Waals surface area contributed by atoms with Crippen molar-refractivity contribution in [1.29, 1.82) is 0 Å². The third-order valence-electron chi connectivity index (χ3n) is 5.62. The van der Waals surface area contributed by atoms with E-state index in [0.717, 1.165) is 29.8 Å². The maximum Gasteiger partial charge on any atom is 0.191 e. The molecule has 0 aliphatic heterocycles. The zero-order valence-electron chi connectivity index (χ0n) is 17.9. The molecule has 1 aliphatic rings. The number of aryl methyl sites for hydroxylation is 2. The first kappa shape index (κ1) is 24.1. The Morgan fingerprint density at radius 1 is 1.17 bits per heavy atom. The first-order valence-electron chi connectivity index (χ1n) is 10.2. The van der Waals surface area contributed by atoms with E-state index in [2.05, 4.69) is 77.0 Å². The maximum absolute atomic E-state index is 4.50. The molecular weight excluding hydrogens is 493 g/mol. The fourth-order valence-corrected chi connectivity index (χ4v) is 4.96. The molecule has 7 heteroatoms. The number of thiazole rings is 1. The number of aliphatic imine (C=N–C) groups is 1. The number of guanidine groups is 1. The van der Waals surface area contributed by atoms with E-state index in [0.29, 0.717) is 6.04 Å². The zero-order valence-corrected chi connectivity index (χ0v) is 21.1. The lowest BCUT2D eigenvalue weighted by Crippen LogP contribution is -2.54. The number of halogens is 1. The zero-order chi connectivity index (χ0) is 20.0. The van der Waals surface area contributed by atoms with Crippen LogP contribution in [0.2, 0.25) is 0 Å². The highest BCUT2D eigenvalue weighted by atomic mass is 127. The molecule has 3 rings (SSSR count). The second-order valence-electron chi connectivity index (χ2n) is 7.78.